The summed E-state index contributed by atoms with van der Waals surface area (Å²) in [4.78, 5) is 36.4. The number of hydrogen-bond acceptors (Lipinski definition) is 5. The molecule has 0 spiro atoms. The van der Waals surface area contributed by atoms with Crippen LogP contribution in [-0.2, 0) is 14.4 Å². The van der Waals surface area contributed by atoms with Crippen LogP contribution in [0.4, 0.5) is 0 Å². The quantitative estimate of drug-likeness (QED) is 0.408. The van der Waals surface area contributed by atoms with Crippen LogP contribution in [0.3, 0.4) is 0 Å². The third-order valence-corrected chi connectivity index (χ3v) is 3.59. The first-order valence-corrected chi connectivity index (χ1v) is 7.24. The highest BCUT2D eigenvalue weighted by atomic mass is 16.4. The first-order chi connectivity index (χ1) is 10.0. The Morgan fingerprint density at radius 2 is 2.00 bits per heavy atom. The second-order valence-electron chi connectivity index (χ2n) is 5.14. The topological polar surface area (TPSA) is 139 Å². The third kappa shape index (κ3) is 4.98. The molecule has 1 aliphatic rings. The molecular formula is C13H24N4O4. The third-order valence-electron chi connectivity index (χ3n) is 3.59. The number of likely N-dealkylation sites (tertiary alicyclic amines) is 1. The van der Waals surface area contributed by atoms with Crippen molar-refractivity contribution in [2.45, 2.75) is 44.2 Å². The van der Waals surface area contributed by atoms with Crippen molar-refractivity contribution in [3.05, 3.63) is 0 Å². The van der Waals surface area contributed by atoms with E-state index in [1.807, 2.05) is 0 Å². The summed E-state index contributed by atoms with van der Waals surface area (Å²) in [6.45, 7) is 0.706. The maximum Gasteiger partial charge on any atom is 0.326 e. The Balaban J connectivity index is 2.72. The molecule has 8 nitrogen and oxygen atoms in total. The van der Waals surface area contributed by atoms with Gasteiger partial charge in [-0.2, -0.15) is 0 Å². The van der Waals surface area contributed by atoms with Crippen LogP contribution >= 0.6 is 0 Å². The van der Waals surface area contributed by atoms with E-state index in [1.165, 1.54) is 4.90 Å². The molecule has 2 amide bonds. The molecule has 0 aromatic carbocycles. The molecule has 2 atom stereocenters. The van der Waals surface area contributed by atoms with Crippen LogP contribution in [0.5, 0.6) is 0 Å². The van der Waals surface area contributed by atoms with E-state index in [0.29, 0.717) is 38.8 Å². The van der Waals surface area contributed by atoms with Crippen molar-refractivity contribution in [2.75, 3.05) is 19.6 Å². The number of carboxylic acid groups (broad SMARTS) is 1. The van der Waals surface area contributed by atoms with E-state index in [4.69, 9.17) is 16.6 Å². The monoisotopic (exact) mass is 300 g/mol. The van der Waals surface area contributed by atoms with Gasteiger partial charge in [0.1, 0.15) is 12.1 Å². The highest BCUT2D eigenvalue weighted by molar-refractivity contribution is 5.91. The zero-order valence-corrected chi connectivity index (χ0v) is 12.1. The van der Waals surface area contributed by atoms with Crippen molar-refractivity contribution in [3.63, 3.8) is 0 Å². The van der Waals surface area contributed by atoms with Crippen molar-refractivity contribution in [3.8, 4) is 0 Å². The van der Waals surface area contributed by atoms with E-state index in [1.54, 1.807) is 0 Å². The Hall–Kier alpha value is -1.67. The number of aliphatic carboxylic acids is 1. The van der Waals surface area contributed by atoms with Crippen LogP contribution in [0.1, 0.15) is 32.1 Å². The molecule has 120 valence electrons. The standard InChI is InChI=1S/C13H24N4O4/c14-6-2-1-4-9(16-11(18)8-15)12(19)17-7-3-5-10(17)13(20)21/h9-10H,1-8,14-15H2,(H,16,18)(H,20,21)/t9-,10+/m0/s1. The molecule has 0 radical (unpaired) electrons. The van der Waals surface area contributed by atoms with Crippen molar-refractivity contribution >= 4 is 17.8 Å². The first-order valence-electron chi connectivity index (χ1n) is 7.24. The summed E-state index contributed by atoms with van der Waals surface area (Å²) < 4.78 is 0. The zero-order valence-electron chi connectivity index (χ0n) is 12.1. The Morgan fingerprint density at radius 3 is 2.57 bits per heavy atom. The molecule has 0 aromatic heterocycles. The number of carboxylic acids is 1. The number of carbonyl (C=O) groups is 3. The summed E-state index contributed by atoms with van der Waals surface area (Å²) in [5, 5.41) is 11.7. The zero-order chi connectivity index (χ0) is 15.8. The van der Waals surface area contributed by atoms with E-state index in [-0.39, 0.29) is 12.5 Å². The minimum absolute atomic E-state index is 0.205. The van der Waals surface area contributed by atoms with E-state index in [2.05, 4.69) is 5.32 Å². The number of rotatable bonds is 8. The number of hydrogen-bond donors (Lipinski definition) is 4. The van der Waals surface area contributed by atoms with Gasteiger partial charge in [0.2, 0.25) is 11.8 Å². The van der Waals surface area contributed by atoms with Crippen molar-refractivity contribution in [1.82, 2.24) is 10.2 Å². The predicted octanol–water partition coefficient (Wildman–Crippen LogP) is -1.37. The lowest BCUT2D eigenvalue weighted by atomic mass is 10.1. The molecule has 0 unspecified atom stereocenters. The normalized spacial score (nSPS) is 19.3. The predicted molar refractivity (Wildman–Crippen MR) is 76.3 cm³/mol. The minimum atomic E-state index is -1.01. The second kappa shape index (κ2) is 8.58. The molecular weight excluding hydrogens is 276 g/mol. The fourth-order valence-electron chi connectivity index (χ4n) is 2.49. The molecule has 1 fully saturated rings. The maximum atomic E-state index is 12.5. The van der Waals surface area contributed by atoms with Crippen molar-refractivity contribution in [1.29, 1.82) is 0 Å². The van der Waals surface area contributed by atoms with Gasteiger partial charge in [-0.1, -0.05) is 0 Å². The van der Waals surface area contributed by atoms with Crippen LogP contribution in [0.15, 0.2) is 0 Å². The molecule has 1 aliphatic heterocycles. The highest BCUT2D eigenvalue weighted by Crippen LogP contribution is 2.19. The smallest absolute Gasteiger partial charge is 0.326 e. The lowest BCUT2D eigenvalue weighted by Crippen LogP contribution is -2.52. The fourth-order valence-corrected chi connectivity index (χ4v) is 2.49. The van der Waals surface area contributed by atoms with Gasteiger partial charge in [-0.3, -0.25) is 9.59 Å². The van der Waals surface area contributed by atoms with Gasteiger partial charge in [0.15, 0.2) is 0 Å². The SMILES string of the molecule is NCCCC[C@H](NC(=O)CN)C(=O)N1CCC[C@@H]1C(=O)O. The van der Waals surface area contributed by atoms with E-state index >= 15 is 0 Å². The van der Waals surface area contributed by atoms with Gasteiger partial charge in [-0.15, -0.1) is 0 Å². The Morgan fingerprint density at radius 1 is 1.29 bits per heavy atom. The van der Waals surface area contributed by atoms with Gasteiger partial charge in [0, 0.05) is 6.54 Å². The van der Waals surface area contributed by atoms with Crippen molar-refractivity contribution < 1.29 is 19.5 Å². The number of unbranched alkanes of at least 4 members (excludes halogenated alkanes) is 1. The van der Waals surface area contributed by atoms with Crippen LogP contribution in [0.2, 0.25) is 0 Å². The summed E-state index contributed by atoms with van der Waals surface area (Å²) in [6, 6.07) is -1.53. The first kappa shape index (κ1) is 17.4. The Kier molecular flexibility index (Phi) is 7.10. The van der Waals surface area contributed by atoms with Gasteiger partial charge in [-0.05, 0) is 38.6 Å². The minimum Gasteiger partial charge on any atom is -0.480 e. The Bertz CT molecular complexity index is 388. The van der Waals surface area contributed by atoms with E-state index in [0.717, 1.165) is 6.42 Å². The summed E-state index contributed by atoms with van der Waals surface area (Å²) >= 11 is 0. The largest absolute Gasteiger partial charge is 0.480 e. The van der Waals surface area contributed by atoms with Gasteiger partial charge in [-0.25, -0.2) is 4.79 Å². The van der Waals surface area contributed by atoms with E-state index < -0.39 is 24.0 Å². The van der Waals surface area contributed by atoms with Gasteiger partial charge >= 0.3 is 5.97 Å². The average molecular weight is 300 g/mol. The molecule has 8 heteroatoms. The van der Waals surface area contributed by atoms with Crippen LogP contribution < -0.4 is 16.8 Å². The molecule has 6 N–H and O–H groups in total. The summed E-state index contributed by atoms with van der Waals surface area (Å²) in [6.07, 6.45) is 2.96. The van der Waals surface area contributed by atoms with Crippen LogP contribution in [0, 0.1) is 0 Å². The highest BCUT2D eigenvalue weighted by Gasteiger charge is 2.37. The van der Waals surface area contributed by atoms with Crippen molar-refractivity contribution in [2.24, 2.45) is 11.5 Å². The molecule has 0 bridgehead atoms. The van der Waals surface area contributed by atoms with Crippen LogP contribution in [0.25, 0.3) is 0 Å². The fraction of sp³-hybridized carbons (Fsp3) is 0.769. The summed E-state index contributed by atoms with van der Waals surface area (Å²) in [7, 11) is 0. The van der Waals surface area contributed by atoms with Crippen LogP contribution in [-0.4, -0.2) is 59.5 Å². The molecule has 0 aromatic rings. The van der Waals surface area contributed by atoms with Gasteiger partial charge in [0.05, 0.1) is 6.54 Å². The number of carbonyl (C=O) groups excluding carboxylic acids is 2. The molecule has 0 saturated carbocycles. The Labute approximate surface area is 123 Å². The van der Waals surface area contributed by atoms with Gasteiger partial charge < -0.3 is 26.8 Å². The molecule has 1 heterocycles. The van der Waals surface area contributed by atoms with Gasteiger partial charge in [0.25, 0.3) is 0 Å². The number of amides is 2. The summed E-state index contributed by atoms with van der Waals surface area (Å²) in [5.41, 5.74) is 10.7. The lowest BCUT2D eigenvalue weighted by molar-refractivity contribution is -0.149. The molecule has 1 saturated heterocycles. The lowest BCUT2D eigenvalue weighted by Gasteiger charge is -2.27. The maximum absolute atomic E-state index is 12.5. The van der Waals surface area contributed by atoms with E-state index in [9.17, 15) is 14.4 Å². The average Bonchev–Trinajstić information content (AvgIpc) is 2.95. The molecule has 0 aliphatic carbocycles. The molecule has 21 heavy (non-hydrogen) atoms. The number of nitrogens with two attached hydrogens (primary N) is 2. The molecule has 1 rings (SSSR count). The number of nitrogens with zero attached hydrogens (tertiary/aromatic N) is 1. The second-order valence-corrected chi connectivity index (χ2v) is 5.14. The number of nitrogens with one attached hydrogen (secondary N) is 1. The summed E-state index contributed by atoms with van der Waals surface area (Å²) in [5.74, 6) is -1.78.